The van der Waals surface area contributed by atoms with Gasteiger partial charge in [-0.05, 0) is 36.6 Å². The molecule has 134 valence electrons. The summed E-state index contributed by atoms with van der Waals surface area (Å²) in [4.78, 5) is 4.11. The topological polar surface area (TPSA) is 45.7 Å². The smallest absolute Gasteiger partial charge is 0.190 e. The van der Waals surface area contributed by atoms with Crippen LogP contribution in [-0.2, 0) is 12.8 Å². The Morgan fingerprint density at radius 3 is 2.24 bits per heavy atom. The number of rotatable bonds is 7. The standard InChI is InChI=1S/C19H23F2N3O/c1-22-19(23-12-10-14-6-3-4-9-18(14)25-2)24-13-11-15-16(20)7-5-8-17(15)21/h3-9H,10-13H2,1-2H3,(H2,22,23,24). The van der Waals surface area contributed by atoms with Gasteiger partial charge in [0.05, 0.1) is 7.11 Å². The van der Waals surface area contributed by atoms with Gasteiger partial charge in [-0.15, -0.1) is 0 Å². The van der Waals surface area contributed by atoms with Crippen LogP contribution < -0.4 is 15.4 Å². The van der Waals surface area contributed by atoms with E-state index in [-0.39, 0.29) is 12.0 Å². The average molecular weight is 347 g/mol. The lowest BCUT2D eigenvalue weighted by Crippen LogP contribution is -2.39. The van der Waals surface area contributed by atoms with Crippen molar-refractivity contribution in [2.75, 3.05) is 27.2 Å². The van der Waals surface area contributed by atoms with Crippen molar-refractivity contribution in [1.82, 2.24) is 10.6 Å². The first-order chi connectivity index (χ1) is 12.2. The molecule has 2 aromatic rings. The Morgan fingerprint density at radius 1 is 0.960 bits per heavy atom. The summed E-state index contributed by atoms with van der Waals surface area (Å²) in [5.74, 6) is 0.385. The molecule has 0 fully saturated rings. The molecule has 0 atom stereocenters. The molecule has 0 saturated carbocycles. The molecule has 2 aromatic carbocycles. The van der Waals surface area contributed by atoms with E-state index in [1.54, 1.807) is 14.2 Å². The quantitative estimate of drug-likeness (QED) is 0.598. The fraction of sp³-hybridized carbons (Fsp3) is 0.316. The van der Waals surface area contributed by atoms with Gasteiger partial charge in [0.2, 0.25) is 0 Å². The third-order valence-electron chi connectivity index (χ3n) is 3.83. The van der Waals surface area contributed by atoms with Gasteiger partial charge in [0.1, 0.15) is 17.4 Å². The van der Waals surface area contributed by atoms with Crippen LogP contribution in [0, 0.1) is 11.6 Å². The molecule has 0 aromatic heterocycles. The summed E-state index contributed by atoms with van der Waals surface area (Å²) >= 11 is 0. The fourth-order valence-corrected chi connectivity index (χ4v) is 2.52. The number of nitrogens with zero attached hydrogens (tertiary/aromatic N) is 1. The Kier molecular flexibility index (Phi) is 7.19. The van der Waals surface area contributed by atoms with Crippen molar-refractivity contribution in [3.05, 3.63) is 65.2 Å². The van der Waals surface area contributed by atoms with Crippen LogP contribution in [0.3, 0.4) is 0 Å². The Morgan fingerprint density at radius 2 is 1.60 bits per heavy atom. The summed E-state index contributed by atoms with van der Waals surface area (Å²) < 4.78 is 32.5. The molecule has 0 aliphatic rings. The number of nitrogens with one attached hydrogen (secondary N) is 2. The van der Waals surface area contributed by atoms with Gasteiger partial charge in [0.25, 0.3) is 0 Å². The molecule has 0 aliphatic heterocycles. The molecule has 0 radical (unpaired) electrons. The molecule has 2 N–H and O–H groups in total. The number of hydrogen-bond donors (Lipinski definition) is 2. The normalized spacial score (nSPS) is 11.3. The summed E-state index contributed by atoms with van der Waals surface area (Å²) in [6.07, 6.45) is 1.01. The number of para-hydroxylation sites is 1. The van der Waals surface area contributed by atoms with E-state index in [4.69, 9.17) is 4.74 Å². The highest BCUT2D eigenvalue weighted by atomic mass is 19.1. The second kappa shape index (κ2) is 9.61. The van der Waals surface area contributed by atoms with Gasteiger partial charge in [-0.1, -0.05) is 24.3 Å². The van der Waals surface area contributed by atoms with Gasteiger partial charge in [0.15, 0.2) is 5.96 Å². The molecule has 0 spiro atoms. The maximum atomic E-state index is 13.6. The van der Waals surface area contributed by atoms with Crippen molar-refractivity contribution in [3.8, 4) is 5.75 Å². The SMILES string of the molecule is CN=C(NCCc1ccccc1OC)NCCc1c(F)cccc1F. The summed E-state index contributed by atoms with van der Waals surface area (Å²) in [5.41, 5.74) is 1.18. The highest BCUT2D eigenvalue weighted by Gasteiger charge is 2.08. The van der Waals surface area contributed by atoms with Gasteiger partial charge in [0, 0.05) is 25.7 Å². The zero-order valence-electron chi connectivity index (χ0n) is 14.5. The number of guanidine groups is 1. The van der Waals surface area contributed by atoms with E-state index in [9.17, 15) is 8.78 Å². The summed E-state index contributed by atoms with van der Waals surface area (Å²) in [6.45, 7) is 1.04. The number of benzene rings is 2. The van der Waals surface area contributed by atoms with Crippen LogP contribution in [0.25, 0.3) is 0 Å². The van der Waals surface area contributed by atoms with Gasteiger partial charge in [-0.2, -0.15) is 0 Å². The molecular weight excluding hydrogens is 324 g/mol. The second-order valence-corrected chi connectivity index (χ2v) is 5.44. The first kappa shape index (κ1) is 18.7. The van der Waals surface area contributed by atoms with Crippen molar-refractivity contribution in [2.24, 2.45) is 4.99 Å². The Bertz CT molecular complexity index is 699. The Balaban J connectivity index is 1.79. The number of hydrogen-bond acceptors (Lipinski definition) is 2. The molecule has 0 aliphatic carbocycles. The van der Waals surface area contributed by atoms with E-state index in [0.717, 1.165) is 17.7 Å². The van der Waals surface area contributed by atoms with Crippen molar-refractivity contribution < 1.29 is 13.5 Å². The molecule has 2 rings (SSSR count). The molecule has 0 heterocycles. The molecule has 0 amide bonds. The van der Waals surface area contributed by atoms with Crippen LogP contribution >= 0.6 is 0 Å². The van der Waals surface area contributed by atoms with Crippen LogP contribution in [0.1, 0.15) is 11.1 Å². The molecule has 0 bridgehead atoms. The maximum Gasteiger partial charge on any atom is 0.190 e. The first-order valence-electron chi connectivity index (χ1n) is 8.15. The number of ether oxygens (including phenoxy) is 1. The van der Waals surface area contributed by atoms with Crippen molar-refractivity contribution in [1.29, 1.82) is 0 Å². The van der Waals surface area contributed by atoms with E-state index >= 15 is 0 Å². The van der Waals surface area contributed by atoms with Gasteiger partial charge < -0.3 is 15.4 Å². The van der Waals surface area contributed by atoms with Crippen LogP contribution in [0.5, 0.6) is 5.75 Å². The first-order valence-corrected chi connectivity index (χ1v) is 8.15. The predicted molar refractivity (Wildman–Crippen MR) is 96.1 cm³/mol. The van der Waals surface area contributed by atoms with Gasteiger partial charge >= 0.3 is 0 Å². The number of methoxy groups -OCH3 is 1. The summed E-state index contributed by atoms with van der Waals surface area (Å²) in [7, 11) is 3.30. The second-order valence-electron chi connectivity index (χ2n) is 5.44. The van der Waals surface area contributed by atoms with Crippen molar-refractivity contribution in [2.45, 2.75) is 12.8 Å². The maximum absolute atomic E-state index is 13.6. The Hall–Kier alpha value is -2.63. The molecule has 6 heteroatoms. The van der Waals surface area contributed by atoms with Crippen molar-refractivity contribution >= 4 is 5.96 Å². The van der Waals surface area contributed by atoms with Crippen LogP contribution in [0.4, 0.5) is 8.78 Å². The molecule has 0 unspecified atom stereocenters. The number of aliphatic imine (C=N–C) groups is 1. The average Bonchev–Trinajstić information content (AvgIpc) is 2.63. The van der Waals surface area contributed by atoms with Crippen molar-refractivity contribution in [3.63, 3.8) is 0 Å². The molecular formula is C19H23F2N3O. The lowest BCUT2D eigenvalue weighted by atomic mass is 10.1. The third kappa shape index (κ3) is 5.45. The zero-order chi connectivity index (χ0) is 18.1. The summed E-state index contributed by atoms with van der Waals surface area (Å²) in [6, 6.07) is 11.7. The highest BCUT2D eigenvalue weighted by molar-refractivity contribution is 5.79. The lowest BCUT2D eigenvalue weighted by Gasteiger charge is -2.13. The largest absolute Gasteiger partial charge is 0.496 e. The van der Waals surface area contributed by atoms with Gasteiger partial charge in [-0.3, -0.25) is 4.99 Å². The van der Waals surface area contributed by atoms with E-state index < -0.39 is 11.6 Å². The molecule has 0 saturated heterocycles. The van der Waals surface area contributed by atoms with E-state index in [2.05, 4.69) is 15.6 Å². The van der Waals surface area contributed by atoms with E-state index in [1.165, 1.54) is 18.2 Å². The van der Waals surface area contributed by atoms with Crippen LogP contribution in [0.15, 0.2) is 47.5 Å². The Labute approximate surface area is 146 Å². The highest BCUT2D eigenvalue weighted by Crippen LogP contribution is 2.17. The fourth-order valence-electron chi connectivity index (χ4n) is 2.52. The van der Waals surface area contributed by atoms with Crippen LogP contribution in [-0.4, -0.2) is 33.2 Å². The summed E-state index contributed by atoms with van der Waals surface area (Å²) in [5, 5.41) is 6.24. The zero-order valence-corrected chi connectivity index (χ0v) is 14.5. The van der Waals surface area contributed by atoms with Crippen LogP contribution in [0.2, 0.25) is 0 Å². The minimum absolute atomic E-state index is 0.0828. The molecule has 4 nitrogen and oxygen atoms in total. The minimum Gasteiger partial charge on any atom is -0.496 e. The monoisotopic (exact) mass is 347 g/mol. The predicted octanol–water partition coefficient (Wildman–Crippen LogP) is 2.92. The van der Waals surface area contributed by atoms with E-state index in [0.29, 0.717) is 19.0 Å². The lowest BCUT2D eigenvalue weighted by molar-refractivity contribution is 0.409. The van der Waals surface area contributed by atoms with E-state index in [1.807, 2.05) is 24.3 Å². The number of halogens is 2. The molecule has 25 heavy (non-hydrogen) atoms. The third-order valence-corrected chi connectivity index (χ3v) is 3.83. The van der Waals surface area contributed by atoms with Gasteiger partial charge in [-0.25, -0.2) is 8.78 Å². The minimum atomic E-state index is -0.527.